The molecule has 0 bridgehead atoms. The first-order chi connectivity index (χ1) is 10.5. The first-order valence-corrected chi connectivity index (χ1v) is 8.91. The van der Waals surface area contributed by atoms with Crippen LogP contribution in [0.5, 0.6) is 0 Å². The lowest BCUT2D eigenvalue weighted by molar-refractivity contribution is 0.372. The molecule has 6 nitrogen and oxygen atoms in total. The van der Waals surface area contributed by atoms with E-state index < -0.39 is 0 Å². The molecule has 2 saturated carbocycles. The molecule has 2 heterocycles. The molecule has 0 aliphatic heterocycles. The molecule has 0 radical (unpaired) electrons. The summed E-state index contributed by atoms with van der Waals surface area (Å²) in [7, 11) is 0. The van der Waals surface area contributed by atoms with E-state index in [1.54, 1.807) is 11.8 Å². The van der Waals surface area contributed by atoms with Gasteiger partial charge in [-0.15, -0.1) is 10.2 Å². The fourth-order valence-electron chi connectivity index (χ4n) is 2.43. The lowest BCUT2D eigenvalue weighted by Gasteiger charge is -2.10. The molecule has 7 heteroatoms. The Labute approximate surface area is 134 Å². The number of aromatic nitrogens is 5. The summed E-state index contributed by atoms with van der Waals surface area (Å²) in [5.41, 5.74) is -0.0837. The Morgan fingerprint density at radius 3 is 2.55 bits per heavy atom. The minimum atomic E-state index is -0.0837. The molecule has 0 amide bonds. The molecule has 0 saturated heterocycles. The Kier molecular flexibility index (Phi) is 3.29. The van der Waals surface area contributed by atoms with Crippen LogP contribution in [-0.4, -0.2) is 24.9 Å². The van der Waals surface area contributed by atoms with Crippen LogP contribution in [-0.2, 0) is 11.2 Å². The van der Waals surface area contributed by atoms with Gasteiger partial charge in [-0.05, 0) is 25.7 Å². The van der Waals surface area contributed by atoms with Crippen molar-refractivity contribution in [2.45, 2.75) is 74.7 Å². The summed E-state index contributed by atoms with van der Waals surface area (Å²) in [5.74, 6) is 3.89. The van der Waals surface area contributed by atoms with Crippen molar-refractivity contribution in [2.24, 2.45) is 0 Å². The van der Waals surface area contributed by atoms with E-state index in [0.717, 1.165) is 11.0 Å². The summed E-state index contributed by atoms with van der Waals surface area (Å²) in [4.78, 5) is 4.48. The van der Waals surface area contributed by atoms with E-state index in [1.165, 1.54) is 31.5 Å². The minimum absolute atomic E-state index is 0.0837. The fraction of sp³-hybridized carbons (Fsp3) is 0.733. The number of nitrogens with zero attached hydrogens (tertiary/aromatic N) is 5. The van der Waals surface area contributed by atoms with E-state index in [4.69, 9.17) is 4.52 Å². The number of rotatable bonds is 5. The van der Waals surface area contributed by atoms with Crippen molar-refractivity contribution in [2.75, 3.05) is 0 Å². The van der Waals surface area contributed by atoms with Gasteiger partial charge in [0.1, 0.15) is 5.82 Å². The molecule has 2 fully saturated rings. The molecular weight excluding hydrogens is 298 g/mol. The molecule has 0 atom stereocenters. The van der Waals surface area contributed by atoms with Crippen LogP contribution in [0.15, 0.2) is 9.68 Å². The second-order valence-corrected chi connectivity index (χ2v) is 8.21. The van der Waals surface area contributed by atoms with Gasteiger partial charge in [0.05, 0.1) is 5.75 Å². The molecule has 0 unspecified atom stereocenters. The van der Waals surface area contributed by atoms with Gasteiger partial charge in [0, 0.05) is 17.4 Å². The standard InChI is InChI=1S/C15H21N5OS/c1-15(2,3)13-16-11(21-19-13)8-22-14-18-17-12(9-4-5-9)20(14)10-6-7-10/h9-10H,4-8H2,1-3H3. The van der Waals surface area contributed by atoms with Crippen LogP contribution in [0.4, 0.5) is 0 Å². The van der Waals surface area contributed by atoms with Crippen LogP contribution in [0.25, 0.3) is 0 Å². The van der Waals surface area contributed by atoms with Crippen LogP contribution < -0.4 is 0 Å². The third kappa shape index (κ3) is 2.78. The predicted octanol–water partition coefficient (Wildman–Crippen LogP) is 3.46. The van der Waals surface area contributed by atoms with Crippen molar-refractivity contribution < 1.29 is 4.52 Å². The SMILES string of the molecule is CC(C)(C)c1noc(CSc2nnc(C3CC3)n2C2CC2)n1. The Bertz CT molecular complexity index is 678. The molecule has 2 aromatic rings. The van der Waals surface area contributed by atoms with Crippen LogP contribution in [0.1, 0.15) is 76.0 Å². The van der Waals surface area contributed by atoms with Gasteiger partial charge >= 0.3 is 0 Å². The largest absolute Gasteiger partial charge is 0.338 e. The maximum Gasteiger partial charge on any atom is 0.237 e. The molecule has 2 aliphatic carbocycles. The number of hydrogen-bond donors (Lipinski definition) is 0. The summed E-state index contributed by atoms with van der Waals surface area (Å²) in [6.45, 7) is 6.25. The molecule has 22 heavy (non-hydrogen) atoms. The smallest absolute Gasteiger partial charge is 0.237 e. The second kappa shape index (κ2) is 5.08. The van der Waals surface area contributed by atoms with E-state index in [9.17, 15) is 0 Å². The zero-order valence-electron chi connectivity index (χ0n) is 13.2. The normalized spacial score (nSPS) is 18.9. The maximum absolute atomic E-state index is 5.36. The molecule has 2 aliphatic rings. The maximum atomic E-state index is 5.36. The third-order valence-electron chi connectivity index (χ3n) is 4.01. The average Bonchev–Trinajstić information content (AvgIpc) is 3.38. The third-order valence-corrected chi connectivity index (χ3v) is 4.94. The summed E-state index contributed by atoms with van der Waals surface area (Å²) in [6, 6.07) is 0.612. The van der Waals surface area contributed by atoms with Gasteiger partial charge in [0.15, 0.2) is 11.0 Å². The van der Waals surface area contributed by atoms with Crippen LogP contribution >= 0.6 is 11.8 Å². The lowest BCUT2D eigenvalue weighted by atomic mass is 9.96. The molecule has 118 valence electrons. The highest BCUT2D eigenvalue weighted by Gasteiger charge is 2.36. The van der Waals surface area contributed by atoms with E-state index in [0.29, 0.717) is 23.6 Å². The summed E-state index contributed by atoms with van der Waals surface area (Å²) >= 11 is 1.65. The van der Waals surface area contributed by atoms with Crippen LogP contribution in [0.3, 0.4) is 0 Å². The highest BCUT2D eigenvalue weighted by atomic mass is 32.2. The molecule has 4 rings (SSSR count). The quantitative estimate of drug-likeness (QED) is 0.786. The molecule has 0 N–H and O–H groups in total. The Morgan fingerprint density at radius 2 is 1.95 bits per heavy atom. The van der Waals surface area contributed by atoms with Gasteiger partial charge in [-0.25, -0.2) is 0 Å². The van der Waals surface area contributed by atoms with Gasteiger partial charge in [-0.2, -0.15) is 4.98 Å². The summed E-state index contributed by atoms with van der Waals surface area (Å²) in [6.07, 6.45) is 5.02. The molecule has 0 aromatic carbocycles. The van der Waals surface area contributed by atoms with E-state index >= 15 is 0 Å². The minimum Gasteiger partial charge on any atom is -0.338 e. The molecule has 2 aromatic heterocycles. The van der Waals surface area contributed by atoms with E-state index in [-0.39, 0.29) is 5.41 Å². The van der Waals surface area contributed by atoms with Gasteiger partial charge in [0.25, 0.3) is 0 Å². The zero-order chi connectivity index (χ0) is 15.3. The van der Waals surface area contributed by atoms with Crippen molar-refractivity contribution in [3.63, 3.8) is 0 Å². The van der Waals surface area contributed by atoms with Gasteiger partial charge in [-0.1, -0.05) is 37.7 Å². The molecular formula is C15H21N5OS. The van der Waals surface area contributed by atoms with Crippen molar-refractivity contribution >= 4 is 11.8 Å². The number of thioether (sulfide) groups is 1. The first kappa shape index (κ1) is 14.2. The van der Waals surface area contributed by atoms with Gasteiger partial charge < -0.3 is 9.09 Å². The predicted molar refractivity (Wildman–Crippen MR) is 82.8 cm³/mol. The zero-order valence-corrected chi connectivity index (χ0v) is 14.1. The first-order valence-electron chi connectivity index (χ1n) is 7.93. The topological polar surface area (TPSA) is 69.6 Å². The van der Waals surface area contributed by atoms with Crippen molar-refractivity contribution in [3.05, 3.63) is 17.5 Å². The highest BCUT2D eigenvalue weighted by Crippen LogP contribution is 2.46. The van der Waals surface area contributed by atoms with E-state index in [2.05, 4.69) is 45.7 Å². The van der Waals surface area contributed by atoms with Gasteiger partial charge in [0.2, 0.25) is 5.89 Å². The monoisotopic (exact) mass is 319 g/mol. The summed E-state index contributed by atoms with van der Waals surface area (Å²) < 4.78 is 7.71. The second-order valence-electron chi connectivity index (χ2n) is 7.27. The Morgan fingerprint density at radius 1 is 1.18 bits per heavy atom. The lowest BCUT2D eigenvalue weighted by Crippen LogP contribution is -2.13. The average molecular weight is 319 g/mol. The van der Waals surface area contributed by atoms with Crippen molar-refractivity contribution in [1.29, 1.82) is 0 Å². The molecule has 0 spiro atoms. The fourth-order valence-corrected chi connectivity index (χ4v) is 3.28. The van der Waals surface area contributed by atoms with Crippen LogP contribution in [0, 0.1) is 0 Å². The number of hydrogen-bond acceptors (Lipinski definition) is 6. The van der Waals surface area contributed by atoms with Crippen LogP contribution in [0.2, 0.25) is 0 Å². The van der Waals surface area contributed by atoms with Crippen molar-refractivity contribution in [1.82, 2.24) is 24.9 Å². The van der Waals surface area contributed by atoms with E-state index in [1.807, 2.05) is 0 Å². The Balaban J connectivity index is 1.49. The van der Waals surface area contributed by atoms with Gasteiger partial charge in [-0.3, -0.25) is 0 Å². The summed E-state index contributed by atoms with van der Waals surface area (Å²) in [5, 5.41) is 13.9. The Hall–Kier alpha value is -1.37. The van der Waals surface area contributed by atoms with Crippen molar-refractivity contribution in [3.8, 4) is 0 Å². The highest BCUT2D eigenvalue weighted by molar-refractivity contribution is 7.98.